The van der Waals surface area contributed by atoms with Crippen LogP contribution in [0.2, 0.25) is 0 Å². The molecule has 0 bridgehead atoms. The highest BCUT2D eigenvalue weighted by molar-refractivity contribution is 5.81. The van der Waals surface area contributed by atoms with Gasteiger partial charge < -0.3 is 9.84 Å². The van der Waals surface area contributed by atoms with Crippen molar-refractivity contribution in [3.05, 3.63) is 0 Å². The molecule has 3 atom stereocenters. The van der Waals surface area contributed by atoms with Crippen LogP contribution in [0.5, 0.6) is 0 Å². The quantitative estimate of drug-likeness (QED) is 0.529. The molecule has 2 rings (SSSR count). The van der Waals surface area contributed by atoms with E-state index in [1.54, 1.807) is 0 Å². The third-order valence-electron chi connectivity index (χ3n) is 6.67. The van der Waals surface area contributed by atoms with Crippen molar-refractivity contribution in [1.29, 1.82) is 0 Å². The van der Waals surface area contributed by atoms with Crippen molar-refractivity contribution in [2.45, 2.75) is 109 Å². The van der Waals surface area contributed by atoms with Crippen molar-refractivity contribution in [1.82, 2.24) is 0 Å². The average molecular weight is 367 g/mol. The Balaban J connectivity index is 2.08. The van der Waals surface area contributed by atoms with Crippen LogP contribution in [0.15, 0.2) is 0 Å². The van der Waals surface area contributed by atoms with Crippen molar-refractivity contribution in [2.75, 3.05) is 0 Å². The summed E-state index contributed by atoms with van der Waals surface area (Å²) in [6.07, 6.45) is 14.2. The number of unbranched alkanes of at least 4 members (excludes halogenated alkanes) is 1. The first-order chi connectivity index (χ1) is 12.5. The molecule has 26 heavy (non-hydrogen) atoms. The van der Waals surface area contributed by atoms with E-state index >= 15 is 0 Å². The average Bonchev–Trinajstić information content (AvgIpc) is 2.65. The second-order valence-electron chi connectivity index (χ2n) is 8.62. The molecule has 150 valence electrons. The summed E-state index contributed by atoms with van der Waals surface area (Å²) >= 11 is 0. The largest absolute Gasteiger partial charge is 0.481 e. The number of hydrogen-bond donors (Lipinski definition) is 1. The normalized spacial score (nSPS) is 26.8. The van der Waals surface area contributed by atoms with Crippen molar-refractivity contribution < 1.29 is 19.4 Å². The number of carboxylic acid groups (broad SMARTS) is 1. The van der Waals surface area contributed by atoms with Crippen molar-refractivity contribution >= 4 is 11.9 Å². The predicted molar refractivity (Wildman–Crippen MR) is 103 cm³/mol. The molecule has 4 nitrogen and oxygen atoms in total. The third-order valence-corrected chi connectivity index (χ3v) is 6.67. The summed E-state index contributed by atoms with van der Waals surface area (Å²) in [5.41, 5.74) is -0.343. The lowest BCUT2D eigenvalue weighted by molar-refractivity contribution is -0.177. The zero-order valence-electron chi connectivity index (χ0n) is 16.8. The van der Waals surface area contributed by atoms with Crippen LogP contribution in [0.3, 0.4) is 0 Å². The fourth-order valence-electron chi connectivity index (χ4n) is 5.01. The maximum absolute atomic E-state index is 13.0. The van der Waals surface area contributed by atoms with Crippen LogP contribution in [0.1, 0.15) is 104 Å². The van der Waals surface area contributed by atoms with Gasteiger partial charge in [-0.05, 0) is 50.9 Å². The predicted octanol–water partition coefficient (Wildman–Crippen LogP) is 5.73. The van der Waals surface area contributed by atoms with Gasteiger partial charge in [0.15, 0.2) is 0 Å². The Morgan fingerprint density at radius 1 is 1.04 bits per heavy atom. The molecule has 0 aromatic carbocycles. The Kier molecular flexibility index (Phi) is 8.43. The number of carbonyl (C=O) groups excluding carboxylic acids is 1. The van der Waals surface area contributed by atoms with Crippen LogP contribution >= 0.6 is 0 Å². The molecule has 3 unspecified atom stereocenters. The topological polar surface area (TPSA) is 63.6 Å². The number of aliphatic carboxylic acids is 1. The van der Waals surface area contributed by atoms with Gasteiger partial charge in [-0.1, -0.05) is 58.8 Å². The summed E-state index contributed by atoms with van der Waals surface area (Å²) in [6.45, 7) is 4.46. The first-order valence-electron chi connectivity index (χ1n) is 11.0. The van der Waals surface area contributed by atoms with E-state index in [0.29, 0.717) is 18.8 Å². The summed E-state index contributed by atoms with van der Waals surface area (Å²) in [5, 5.41) is 9.50. The lowest BCUT2D eigenvalue weighted by Gasteiger charge is -2.41. The van der Waals surface area contributed by atoms with Crippen molar-refractivity contribution in [3.8, 4) is 0 Å². The molecule has 1 N–H and O–H groups in total. The highest BCUT2D eigenvalue weighted by atomic mass is 16.6. The SMILES string of the molecule is CCCCC(CC)CC1(OC(=O)C2CCCCC2C(=O)O)CCCCC1. The van der Waals surface area contributed by atoms with E-state index in [1.165, 1.54) is 25.7 Å². The van der Waals surface area contributed by atoms with Crippen LogP contribution in [0, 0.1) is 17.8 Å². The van der Waals surface area contributed by atoms with Gasteiger partial charge in [0, 0.05) is 0 Å². The fourth-order valence-corrected chi connectivity index (χ4v) is 5.01. The molecule has 4 heteroatoms. The van der Waals surface area contributed by atoms with Gasteiger partial charge in [0.25, 0.3) is 0 Å². The van der Waals surface area contributed by atoms with E-state index in [-0.39, 0.29) is 11.6 Å². The molecule has 0 spiro atoms. The number of carbonyl (C=O) groups is 2. The molecule has 2 aliphatic rings. The summed E-state index contributed by atoms with van der Waals surface area (Å²) in [6, 6.07) is 0. The molecule has 2 saturated carbocycles. The summed E-state index contributed by atoms with van der Waals surface area (Å²) in [4.78, 5) is 24.6. The van der Waals surface area contributed by atoms with Gasteiger partial charge >= 0.3 is 11.9 Å². The first kappa shape index (κ1) is 21.2. The number of ether oxygens (including phenoxy) is 1. The fraction of sp³-hybridized carbons (Fsp3) is 0.909. The van der Waals surface area contributed by atoms with E-state index in [9.17, 15) is 14.7 Å². The standard InChI is InChI=1S/C22H38O4/c1-3-5-11-17(4-2)16-22(14-9-6-10-15-22)26-21(25)19-13-8-7-12-18(19)20(23)24/h17-19H,3-16H2,1-2H3,(H,23,24). The van der Waals surface area contributed by atoms with Crippen LogP contribution < -0.4 is 0 Å². The first-order valence-corrected chi connectivity index (χ1v) is 11.0. The highest BCUT2D eigenvalue weighted by Gasteiger charge is 2.43. The Labute approximate surface area is 159 Å². The summed E-state index contributed by atoms with van der Waals surface area (Å²) in [5.74, 6) is -1.47. The lowest BCUT2D eigenvalue weighted by atomic mass is 9.75. The second kappa shape index (κ2) is 10.3. The molecule has 0 aliphatic heterocycles. The summed E-state index contributed by atoms with van der Waals surface area (Å²) < 4.78 is 6.21. The van der Waals surface area contributed by atoms with Gasteiger partial charge in [0.05, 0.1) is 11.8 Å². The van der Waals surface area contributed by atoms with Crippen LogP contribution in [0.4, 0.5) is 0 Å². The van der Waals surface area contributed by atoms with Crippen LogP contribution in [-0.2, 0) is 14.3 Å². The third kappa shape index (κ3) is 5.72. The number of esters is 1. The molecule has 2 fully saturated rings. The van der Waals surface area contributed by atoms with Gasteiger partial charge in [0.1, 0.15) is 5.60 Å². The monoisotopic (exact) mass is 366 g/mol. The lowest BCUT2D eigenvalue weighted by Crippen LogP contribution is -2.43. The summed E-state index contributed by atoms with van der Waals surface area (Å²) in [7, 11) is 0. The molecule has 0 heterocycles. The Hall–Kier alpha value is -1.06. The van der Waals surface area contributed by atoms with Gasteiger partial charge in [0.2, 0.25) is 0 Å². The van der Waals surface area contributed by atoms with E-state index in [0.717, 1.165) is 51.4 Å². The maximum Gasteiger partial charge on any atom is 0.310 e. The van der Waals surface area contributed by atoms with Gasteiger partial charge in [-0.2, -0.15) is 0 Å². The number of hydrogen-bond acceptors (Lipinski definition) is 3. The van der Waals surface area contributed by atoms with Gasteiger partial charge in [-0.15, -0.1) is 0 Å². The highest BCUT2D eigenvalue weighted by Crippen LogP contribution is 2.41. The van der Waals surface area contributed by atoms with Crippen LogP contribution in [0.25, 0.3) is 0 Å². The van der Waals surface area contributed by atoms with Gasteiger partial charge in [-0.25, -0.2) is 0 Å². The minimum absolute atomic E-state index is 0.232. The maximum atomic E-state index is 13.0. The Morgan fingerprint density at radius 3 is 2.27 bits per heavy atom. The van der Waals surface area contributed by atoms with Crippen molar-refractivity contribution in [3.63, 3.8) is 0 Å². The van der Waals surface area contributed by atoms with E-state index < -0.39 is 17.8 Å². The zero-order valence-corrected chi connectivity index (χ0v) is 16.8. The smallest absolute Gasteiger partial charge is 0.310 e. The second-order valence-corrected chi connectivity index (χ2v) is 8.62. The molecule has 0 aromatic heterocycles. The molecular weight excluding hydrogens is 328 g/mol. The molecular formula is C22H38O4. The van der Waals surface area contributed by atoms with E-state index in [1.807, 2.05) is 0 Å². The molecule has 0 amide bonds. The van der Waals surface area contributed by atoms with E-state index in [4.69, 9.17) is 4.74 Å². The van der Waals surface area contributed by atoms with Crippen molar-refractivity contribution in [2.24, 2.45) is 17.8 Å². The van der Waals surface area contributed by atoms with Crippen LogP contribution in [-0.4, -0.2) is 22.6 Å². The number of rotatable bonds is 9. The van der Waals surface area contributed by atoms with Gasteiger partial charge in [-0.3, -0.25) is 9.59 Å². The molecule has 0 radical (unpaired) electrons. The minimum atomic E-state index is -0.835. The van der Waals surface area contributed by atoms with E-state index in [2.05, 4.69) is 13.8 Å². The zero-order chi connectivity index (χ0) is 19.0. The molecule has 2 aliphatic carbocycles. The number of carboxylic acids is 1. The minimum Gasteiger partial charge on any atom is -0.481 e. The Morgan fingerprint density at radius 2 is 1.69 bits per heavy atom. The molecule has 0 saturated heterocycles. The molecule has 0 aromatic rings. The Bertz CT molecular complexity index is 453.